The van der Waals surface area contributed by atoms with E-state index in [4.69, 9.17) is 0 Å². The van der Waals surface area contributed by atoms with Gasteiger partial charge in [0, 0.05) is 19.3 Å². The Morgan fingerprint density at radius 1 is 1.14 bits per heavy atom. The van der Waals surface area contributed by atoms with Crippen molar-refractivity contribution in [2.75, 3.05) is 12.8 Å². The van der Waals surface area contributed by atoms with Crippen LogP contribution in [0.2, 0.25) is 0 Å². The molecule has 0 aromatic heterocycles. The zero-order chi connectivity index (χ0) is 20.5. The Labute approximate surface area is 170 Å². The van der Waals surface area contributed by atoms with Gasteiger partial charge in [-0.25, -0.2) is 4.39 Å². The van der Waals surface area contributed by atoms with Crippen molar-refractivity contribution in [3.8, 4) is 0 Å². The van der Waals surface area contributed by atoms with Gasteiger partial charge in [-0.1, -0.05) is 55.0 Å². The van der Waals surface area contributed by atoms with E-state index in [1.54, 1.807) is 30.1 Å². The number of aryl methyl sites for hydroxylation is 1. The van der Waals surface area contributed by atoms with Gasteiger partial charge in [-0.05, 0) is 30.5 Å². The molecule has 6 heteroatoms. The summed E-state index contributed by atoms with van der Waals surface area (Å²) < 4.78 is 13.8. The molecule has 0 radical (unpaired) electrons. The molecular weight excluding hydrogens is 375 g/mol. The molecule has 1 N–H and O–H groups in total. The van der Waals surface area contributed by atoms with Crippen LogP contribution in [0.3, 0.4) is 0 Å². The molecule has 2 rings (SSSR count). The van der Waals surface area contributed by atoms with Gasteiger partial charge in [-0.3, -0.25) is 9.59 Å². The van der Waals surface area contributed by atoms with Crippen LogP contribution in [0.25, 0.3) is 0 Å². The molecule has 0 aliphatic heterocycles. The quantitative estimate of drug-likeness (QED) is 0.692. The number of benzene rings is 2. The van der Waals surface area contributed by atoms with Crippen molar-refractivity contribution in [1.82, 2.24) is 10.2 Å². The summed E-state index contributed by atoms with van der Waals surface area (Å²) in [6.07, 6.45) is 0.523. The number of carbonyl (C=O) groups excluding carboxylic acids is 2. The predicted molar refractivity (Wildman–Crippen MR) is 112 cm³/mol. The van der Waals surface area contributed by atoms with Crippen molar-refractivity contribution < 1.29 is 14.0 Å². The molecule has 0 bridgehead atoms. The van der Waals surface area contributed by atoms with Gasteiger partial charge in [0.15, 0.2) is 0 Å². The van der Waals surface area contributed by atoms with Crippen LogP contribution in [0.15, 0.2) is 48.5 Å². The fourth-order valence-corrected chi connectivity index (χ4v) is 3.82. The van der Waals surface area contributed by atoms with Crippen LogP contribution in [0.4, 0.5) is 4.39 Å². The zero-order valence-corrected chi connectivity index (χ0v) is 17.4. The number of thioether (sulfide) groups is 1. The minimum Gasteiger partial charge on any atom is -0.357 e. The van der Waals surface area contributed by atoms with Crippen molar-refractivity contribution in [1.29, 1.82) is 0 Å². The standard InChI is InChI=1S/C22H27FN2O2S/c1-4-20(22(27)24-3)25(13-17-11-9-16(2)10-12-17)21(26)15-28-14-18-7-5-6-8-19(18)23/h5-12,20H,4,13-15H2,1-3H3,(H,24,27). The predicted octanol–water partition coefficient (Wildman–Crippen LogP) is 3.92. The number of hydrogen-bond donors (Lipinski definition) is 1. The molecule has 1 atom stereocenters. The van der Waals surface area contributed by atoms with E-state index < -0.39 is 6.04 Å². The lowest BCUT2D eigenvalue weighted by Gasteiger charge is -2.30. The summed E-state index contributed by atoms with van der Waals surface area (Å²) in [6, 6.07) is 14.0. The molecule has 2 aromatic rings. The first-order valence-electron chi connectivity index (χ1n) is 9.34. The van der Waals surface area contributed by atoms with Gasteiger partial charge in [0.1, 0.15) is 11.9 Å². The first kappa shape index (κ1) is 22.0. The smallest absolute Gasteiger partial charge is 0.242 e. The number of hydrogen-bond acceptors (Lipinski definition) is 3. The maximum absolute atomic E-state index is 13.8. The SMILES string of the molecule is CCC(C(=O)NC)N(Cc1ccc(C)cc1)C(=O)CSCc1ccccc1F. The highest BCUT2D eigenvalue weighted by Crippen LogP contribution is 2.19. The molecule has 28 heavy (non-hydrogen) atoms. The molecule has 2 aromatic carbocycles. The van der Waals surface area contributed by atoms with Crippen LogP contribution >= 0.6 is 11.8 Å². The first-order chi connectivity index (χ1) is 13.5. The highest BCUT2D eigenvalue weighted by molar-refractivity contribution is 7.99. The Kier molecular flexibility index (Phi) is 8.51. The number of likely N-dealkylation sites (N-methyl/N-ethyl adjacent to an activating group) is 1. The minimum absolute atomic E-state index is 0.127. The molecule has 0 fully saturated rings. The highest BCUT2D eigenvalue weighted by atomic mass is 32.2. The van der Waals surface area contributed by atoms with E-state index >= 15 is 0 Å². The van der Waals surface area contributed by atoms with E-state index in [1.807, 2.05) is 38.1 Å². The van der Waals surface area contributed by atoms with Crippen molar-refractivity contribution in [2.24, 2.45) is 0 Å². The molecule has 0 spiro atoms. The van der Waals surface area contributed by atoms with Gasteiger partial charge < -0.3 is 10.2 Å². The largest absolute Gasteiger partial charge is 0.357 e. The molecule has 0 saturated heterocycles. The summed E-state index contributed by atoms with van der Waals surface area (Å²) in [5.41, 5.74) is 2.68. The number of nitrogens with zero attached hydrogens (tertiary/aromatic N) is 1. The number of halogens is 1. The van der Waals surface area contributed by atoms with Crippen LogP contribution in [0.5, 0.6) is 0 Å². The lowest BCUT2D eigenvalue weighted by Crippen LogP contribution is -2.48. The van der Waals surface area contributed by atoms with E-state index in [1.165, 1.54) is 17.8 Å². The fourth-order valence-electron chi connectivity index (χ4n) is 2.92. The molecule has 0 heterocycles. The number of amides is 2. The molecular formula is C22H27FN2O2S. The Hall–Kier alpha value is -2.34. The summed E-state index contributed by atoms with van der Waals surface area (Å²) in [4.78, 5) is 26.9. The highest BCUT2D eigenvalue weighted by Gasteiger charge is 2.27. The molecule has 2 amide bonds. The second kappa shape index (κ2) is 10.9. The fraction of sp³-hybridized carbons (Fsp3) is 0.364. The molecule has 0 aliphatic rings. The van der Waals surface area contributed by atoms with Gasteiger partial charge in [-0.2, -0.15) is 0 Å². The number of nitrogens with one attached hydrogen (secondary N) is 1. The average Bonchev–Trinajstić information content (AvgIpc) is 2.70. The zero-order valence-electron chi connectivity index (χ0n) is 16.6. The summed E-state index contributed by atoms with van der Waals surface area (Å²) in [6.45, 7) is 4.26. The number of rotatable bonds is 9. The second-order valence-electron chi connectivity index (χ2n) is 6.63. The lowest BCUT2D eigenvalue weighted by molar-refractivity contribution is -0.139. The maximum atomic E-state index is 13.8. The third-order valence-electron chi connectivity index (χ3n) is 4.55. The van der Waals surface area contributed by atoms with Gasteiger partial charge in [0.2, 0.25) is 11.8 Å². The molecule has 1 unspecified atom stereocenters. The van der Waals surface area contributed by atoms with Crippen molar-refractivity contribution in [3.63, 3.8) is 0 Å². The summed E-state index contributed by atoms with van der Waals surface area (Å²) in [5.74, 6) is 0.0246. The monoisotopic (exact) mass is 402 g/mol. The van der Waals surface area contributed by atoms with Gasteiger partial charge in [-0.15, -0.1) is 11.8 Å². The molecule has 0 saturated carbocycles. The Bertz CT molecular complexity index is 795. The Balaban J connectivity index is 2.10. The molecule has 4 nitrogen and oxygen atoms in total. The minimum atomic E-state index is -0.534. The van der Waals surface area contributed by atoms with Crippen LogP contribution in [0.1, 0.15) is 30.0 Å². The van der Waals surface area contributed by atoms with Crippen LogP contribution < -0.4 is 5.32 Å². The molecule has 150 valence electrons. The summed E-state index contributed by atoms with van der Waals surface area (Å²) in [7, 11) is 1.58. The third kappa shape index (κ3) is 6.09. The van der Waals surface area contributed by atoms with E-state index in [0.29, 0.717) is 24.3 Å². The topological polar surface area (TPSA) is 49.4 Å². The normalized spacial score (nSPS) is 11.7. The molecule has 0 aliphatic carbocycles. The first-order valence-corrected chi connectivity index (χ1v) is 10.5. The summed E-state index contributed by atoms with van der Waals surface area (Å²) >= 11 is 1.35. The van der Waals surface area contributed by atoms with E-state index in [-0.39, 0.29) is 23.4 Å². The Morgan fingerprint density at radius 2 is 1.82 bits per heavy atom. The lowest BCUT2D eigenvalue weighted by atomic mass is 10.1. The van der Waals surface area contributed by atoms with Crippen LogP contribution in [-0.2, 0) is 21.9 Å². The van der Waals surface area contributed by atoms with Gasteiger partial charge in [0.25, 0.3) is 0 Å². The Morgan fingerprint density at radius 3 is 2.43 bits per heavy atom. The second-order valence-corrected chi connectivity index (χ2v) is 7.62. The van der Waals surface area contributed by atoms with E-state index in [0.717, 1.165) is 11.1 Å². The average molecular weight is 403 g/mol. The van der Waals surface area contributed by atoms with E-state index in [9.17, 15) is 14.0 Å². The van der Waals surface area contributed by atoms with Gasteiger partial charge in [0.05, 0.1) is 5.75 Å². The van der Waals surface area contributed by atoms with Crippen LogP contribution in [-0.4, -0.2) is 35.6 Å². The van der Waals surface area contributed by atoms with Crippen molar-refractivity contribution in [2.45, 2.75) is 38.6 Å². The van der Waals surface area contributed by atoms with Crippen molar-refractivity contribution in [3.05, 3.63) is 71.0 Å². The third-order valence-corrected chi connectivity index (χ3v) is 5.51. The maximum Gasteiger partial charge on any atom is 0.242 e. The van der Waals surface area contributed by atoms with Crippen LogP contribution in [0, 0.1) is 12.7 Å². The van der Waals surface area contributed by atoms with Crippen molar-refractivity contribution >= 4 is 23.6 Å². The number of carbonyl (C=O) groups is 2. The van der Waals surface area contributed by atoms with Gasteiger partial charge >= 0.3 is 0 Å². The van der Waals surface area contributed by atoms with E-state index in [2.05, 4.69) is 5.32 Å². The summed E-state index contributed by atoms with van der Waals surface area (Å²) in [5, 5.41) is 2.65.